The number of benzene rings is 1. The van der Waals surface area contributed by atoms with Crippen LogP contribution in [0.2, 0.25) is 0 Å². The van der Waals surface area contributed by atoms with Crippen molar-refractivity contribution in [1.29, 1.82) is 0 Å². The molecule has 2 fully saturated rings. The maximum atomic E-state index is 12.0. The van der Waals surface area contributed by atoms with E-state index in [1.54, 1.807) is 14.2 Å². The van der Waals surface area contributed by atoms with Crippen LogP contribution in [0.1, 0.15) is 31.2 Å². The fraction of sp³-hybridized carbons (Fsp3) is 0.588. The number of carbonyl (C=O) groups excluding carboxylic acids is 1. The molecule has 0 N–H and O–H groups in total. The summed E-state index contributed by atoms with van der Waals surface area (Å²) in [6, 6.07) is 4.35. The minimum absolute atomic E-state index is 0.0288. The van der Waals surface area contributed by atoms with Crippen LogP contribution >= 0.6 is 15.9 Å². The minimum atomic E-state index is 0.0288. The maximum absolute atomic E-state index is 12.0. The lowest BCUT2D eigenvalue weighted by molar-refractivity contribution is -0.122. The molecule has 2 aliphatic rings. The fourth-order valence-electron chi connectivity index (χ4n) is 4.13. The molecular weight excluding hydrogens is 346 g/mol. The van der Waals surface area contributed by atoms with Gasteiger partial charge in [0.2, 0.25) is 0 Å². The number of methoxy groups -OCH3 is 2. The number of likely N-dealkylation sites (tertiary alicyclic amines) is 1. The van der Waals surface area contributed by atoms with E-state index in [0.717, 1.165) is 35.4 Å². The summed E-state index contributed by atoms with van der Waals surface area (Å²) in [5.41, 5.74) is 1.27. The number of hydrogen-bond acceptors (Lipinski definition) is 4. The van der Waals surface area contributed by atoms with Gasteiger partial charge in [0.1, 0.15) is 5.78 Å². The van der Waals surface area contributed by atoms with Crippen LogP contribution in [0, 0.1) is 0 Å². The first-order chi connectivity index (χ1) is 10.5. The molecule has 1 heterocycles. The molecule has 0 aromatic heterocycles. The van der Waals surface area contributed by atoms with Gasteiger partial charge in [0.25, 0.3) is 0 Å². The van der Waals surface area contributed by atoms with Crippen LogP contribution < -0.4 is 9.47 Å². The van der Waals surface area contributed by atoms with Crippen LogP contribution in [0.3, 0.4) is 0 Å². The van der Waals surface area contributed by atoms with E-state index in [-0.39, 0.29) is 11.5 Å². The van der Waals surface area contributed by atoms with Crippen molar-refractivity contribution in [2.45, 2.75) is 37.1 Å². The van der Waals surface area contributed by atoms with Gasteiger partial charge in [0.15, 0.2) is 11.5 Å². The first-order valence-corrected chi connectivity index (χ1v) is 8.45. The van der Waals surface area contributed by atoms with Gasteiger partial charge in [-0.3, -0.25) is 4.79 Å². The van der Waals surface area contributed by atoms with Gasteiger partial charge in [0, 0.05) is 28.8 Å². The lowest BCUT2D eigenvalue weighted by atomic mass is 9.66. The molecule has 3 rings (SSSR count). The summed E-state index contributed by atoms with van der Waals surface area (Å²) in [5.74, 6) is 1.86. The number of nitrogens with zero attached hydrogens (tertiary/aromatic N) is 1. The zero-order valence-corrected chi connectivity index (χ0v) is 14.9. The highest BCUT2D eigenvalue weighted by atomic mass is 79.9. The lowest BCUT2D eigenvalue weighted by Gasteiger charge is -2.41. The largest absolute Gasteiger partial charge is 0.493 e. The molecule has 0 bridgehead atoms. The van der Waals surface area contributed by atoms with Gasteiger partial charge in [0.05, 0.1) is 14.2 Å². The average molecular weight is 368 g/mol. The molecule has 1 aromatic carbocycles. The van der Waals surface area contributed by atoms with Crippen molar-refractivity contribution in [3.63, 3.8) is 0 Å². The molecule has 0 radical (unpaired) electrons. The molecule has 1 saturated heterocycles. The van der Waals surface area contributed by atoms with Gasteiger partial charge in [-0.2, -0.15) is 0 Å². The van der Waals surface area contributed by atoms with Gasteiger partial charge < -0.3 is 14.4 Å². The highest BCUT2D eigenvalue weighted by molar-refractivity contribution is 9.10. The molecule has 0 unspecified atom stereocenters. The Hall–Kier alpha value is -1.07. The standard InChI is InChI=1S/C17H22BrNO3/c1-19-7-6-17(5-4-11(20)8-16(17)19)12-9-14(21-2)15(22-3)10-13(12)18/h9-10,16H,4-8H2,1-3H3/t16-,17-/m0/s1. The molecule has 22 heavy (non-hydrogen) atoms. The van der Waals surface area contributed by atoms with Crippen LogP contribution in [-0.2, 0) is 10.2 Å². The highest BCUT2D eigenvalue weighted by Crippen LogP contribution is 2.51. The zero-order chi connectivity index (χ0) is 15.9. The molecule has 2 atom stereocenters. The molecule has 1 aliphatic heterocycles. The number of ether oxygens (including phenoxy) is 2. The predicted octanol–water partition coefficient (Wildman–Crippen LogP) is 3.16. The quantitative estimate of drug-likeness (QED) is 0.822. The predicted molar refractivity (Wildman–Crippen MR) is 88.8 cm³/mol. The topological polar surface area (TPSA) is 38.8 Å². The smallest absolute Gasteiger partial charge is 0.161 e. The summed E-state index contributed by atoms with van der Waals surface area (Å²) in [7, 11) is 5.43. The van der Waals surface area contributed by atoms with E-state index in [9.17, 15) is 4.79 Å². The molecule has 5 heteroatoms. The van der Waals surface area contributed by atoms with E-state index in [0.29, 0.717) is 18.6 Å². The number of halogens is 1. The van der Waals surface area contributed by atoms with E-state index in [4.69, 9.17) is 9.47 Å². The van der Waals surface area contributed by atoms with Crippen molar-refractivity contribution < 1.29 is 14.3 Å². The number of fused-ring (bicyclic) bond motifs is 1. The first kappa shape index (κ1) is 15.8. The lowest BCUT2D eigenvalue weighted by Crippen LogP contribution is -2.46. The zero-order valence-electron chi connectivity index (χ0n) is 13.3. The Balaban J connectivity index is 2.10. The summed E-state index contributed by atoms with van der Waals surface area (Å²) in [5, 5.41) is 0. The third-order valence-corrected chi connectivity index (χ3v) is 6.02. The Kier molecular flexibility index (Phi) is 4.21. The number of Topliss-reactive ketones (excluding diaryl/α,β-unsaturated/α-hetero) is 1. The molecule has 1 aromatic rings. The van der Waals surface area contributed by atoms with E-state index >= 15 is 0 Å². The highest BCUT2D eigenvalue weighted by Gasteiger charge is 2.51. The minimum Gasteiger partial charge on any atom is -0.493 e. The number of ketones is 1. The third-order valence-electron chi connectivity index (χ3n) is 5.36. The van der Waals surface area contributed by atoms with E-state index in [1.807, 2.05) is 6.07 Å². The number of likely N-dealkylation sites (N-methyl/N-ethyl adjacent to an activating group) is 1. The van der Waals surface area contributed by atoms with Crippen molar-refractivity contribution in [2.24, 2.45) is 0 Å². The summed E-state index contributed by atoms with van der Waals surface area (Å²) in [4.78, 5) is 14.3. The van der Waals surface area contributed by atoms with Crippen LogP contribution in [0.5, 0.6) is 11.5 Å². The van der Waals surface area contributed by atoms with E-state index in [2.05, 4.69) is 33.9 Å². The number of rotatable bonds is 3. The van der Waals surface area contributed by atoms with Crippen LogP contribution in [0.25, 0.3) is 0 Å². The second-order valence-corrected chi connectivity index (χ2v) is 7.19. The number of hydrogen-bond donors (Lipinski definition) is 0. The SMILES string of the molecule is COc1cc(Br)c([C@@]23CCC(=O)C[C@@H]2N(C)CC3)cc1OC. The maximum Gasteiger partial charge on any atom is 0.161 e. The Morgan fingerprint density at radius 1 is 1.23 bits per heavy atom. The normalized spacial score (nSPS) is 28.5. The van der Waals surface area contributed by atoms with Crippen molar-refractivity contribution in [2.75, 3.05) is 27.8 Å². The average Bonchev–Trinajstić information content (AvgIpc) is 2.85. The van der Waals surface area contributed by atoms with Crippen molar-refractivity contribution >= 4 is 21.7 Å². The summed E-state index contributed by atoms with van der Waals surface area (Å²) < 4.78 is 11.9. The Labute approximate surface area is 139 Å². The summed E-state index contributed by atoms with van der Waals surface area (Å²) in [6.07, 6.45) is 3.31. The van der Waals surface area contributed by atoms with Gasteiger partial charge in [-0.1, -0.05) is 15.9 Å². The van der Waals surface area contributed by atoms with Gasteiger partial charge in [-0.05, 0) is 44.1 Å². The number of carbonyl (C=O) groups is 1. The van der Waals surface area contributed by atoms with Gasteiger partial charge >= 0.3 is 0 Å². The molecule has 4 nitrogen and oxygen atoms in total. The molecule has 120 valence electrons. The first-order valence-electron chi connectivity index (χ1n) is 7.66. The Morgan fingerprint density at radius 2 is 1.91 bits per heavy atom. The van der Waals surface area contributed by atoms with Crippen molar-refractivity contribution in [3.05, 3.63) is 22.2 Å². The Morgan fingerprint density at radius 3 is 2.59 bits per heavy atom. The van der Waals surface area contributed by atoms with E-state index in [1.165, 1.54) is 5.56 Å². The van der Waals surface area contributed by atoms with Gasteiger partial charge in [-0.25, -0.2) is 0 Å². The van der Waals surface area contributed by atoms with E-state index < -0.39 is 0 Å². The second-order valence-electron chi connectivity index (χ2n) is 6.33. The molecular formula is C17H22BrNO3. The molecule has 0 amide bonds. The van der Waals surface area contributed by atoms with Crippen molar-refractivity contribution in [3.8, 4) is 11.5 Å². The third kappa shape index (κ3) is 2.35. The van der Waals surface area contributed by atoms with Crippen molar-refractivity contribution in [1.82, 2.24) is 4.90 Å². The molecule has 0 spiro atoms. The molecule has 1 saturated carbocycles. The van der Waals surface area contributed by atoms with Gasteiger partial charge in [-0.15, -0.1) is 0 Å². The fourth-order valence-corrected chi connectivity index (χ4v) is 4.84. The summed E-state index contributed by atoms with van der Waals surface area (Å²) in [6.45, 7) is 1.03. The molecule has 1 aliphatic carbocycles. The Bertz CT molecular complexity index is 604. The van der Waals surface area contributed by atoms with Crippen LogP contribution in [0.15, 0.2) is 16.6 Å². The monoisotopic (exact) mass is 367 g/mol. The summed E-state index contributed by atoms with van der Waals surface area (Å²) >= 11 is 3.71. The van der Waals surface area contributed by atoms with Crippen LogP contribution in [0.4, 0.5) is 0 Å². The second kappa shape index (κ2) is 5.85. The van der Waals surface area contributed by atoms with Crippen LogP contribution in [-0.4, -0.2) is 44.5 Å².